The van der Waals surface area contributed by atoms with E-state index in [2.05, 4.69) is 0 Å². The molecule has 0 unspecified atom stereocenters. The van der Waals surface area contributed by atoms with Crippen molar-refractivity contribution in [2.75, 3.05) is 0 Å². The highest BCUT2D eigenvalue weighted by molar-refractivity contribution is 8.18. The monoisotopic (exact) mass is 409 g/mol. The number of nitrogens with zero attached hydrogens (tertiary/aromatic N) is 1. The van der Waals surface area contributed by atoms with Crippen LogP contribution in [0.4, 0.5) is 4.79 Å². The molecule has 140 valence electrons. The molecule has 4 rings (SSSR count). The molecule has 1 aliphatic heterocycles. The molecule has 2 amide bonds. The van der Waals surface area contributed by atoms with Crippen LogP contribution in [0.1, 0.15) is 16.9 Å². The molecule has 0 N–H and O–H groups in total. The first kappa shape index (κ1) is 18.6. The van der Waals surface area contributed by atoms with Gasteiger partial charge in [0.25, 0.3) is 11.1 Å². The van der Waals surface area contributed by atoms with Crippen molar-refractivity contribution < 1.29 is 14.0 Å². The van der Waals surface area contributed by atoms with Crippen LogP contribution in [0.15, 0.2) is 70.0 Å². The van der Waals surface area contributed by atoms with Gasteiger partial charge < -0.3 is 4.42 Å². The van der Waals surface area contributed by atoms with Crippen LogP contribution in [0, 0.1) is 6.92 Å². The lowest BCUT2D eigenvalue weighted by Gasteiger charge is -2.11. The largest absolute Gasteiger partial charge is 0.457 e. The van der Waals surface area contributed by atoms with Crippen LogP contribution in [0.3, 0.4) is 0 Å². The Morgan fingerprint density at radius 2 is 1.86 bits per heavy atom. The normalized spacial score (nSPS) is 15.6. The summed E-state index contributed by atoms with van der Waals surface area (Å²) < 4.78 is 5.87. The van der Waals surface area contributed by atoms with Crippen LogP contribution in [0.25, 0.3) is 17.4 Å². The number of hydrogen-bond donors (Lipinski definition) is 0. The molecule has 28 heavy (non-hydrogen) atoms. The van der Waals surface area contributed by atoms with Crippen LogP contribution < -0.4 is 0 Å². The maximum Gasteiger partial charge on any atom is 0.293 e. The lowest BCUT2D eigenvalue weighted by Crippen LogP contribution is -2.27. The molecule has 0 radical (unpaired) electrons. The number of imide groups is 1. The fraction of sp³-hybridized carbons (Fsp3) is 0.0909. The molecule has 3 aromatic rings. The SMILES string of the molecule is Cc1ccc(Cl)cc1-c1ccc(/C=C2\SC(=O)N(Cc3ccccc3)C2=O)o1. The van der Waals surface area contributed by atoms with E-state index in [1.807, 2.05) is 61.5 Å². The third kappa shape index (κ3) is 3.77. The zero-order chi connectivity index (χ0) is 19.7. The molecule has 4 nitrogen and oxygen atoms in total. The van der Waals surface area contributed by atoms with E-state index in [-0.39, 0.29) is 17.7 Å². The van der Waals surface area contributed by atoms with E-state index in [0.717, 1.165) is 28.5 Å². The quantitative estimate of drug-likeness (QED) is 0.485. The number of thioether (sulfide) groups is 1. The minimum atomic E-state index is -0.310. The second kappa shape index (κ2) is 7.70. The van der Waals surface area contributed by atoms with Crippen molar-refractivity contribution in [3.05, 3.63) is 87.5 Å². The molecule has 1 aromatic heterocycles. The Kier molecular flexibility index (Phi) is 5.11. The van der Waals surface area contributed by atoms with Crippen LogP contribution >= 0.6 is 23.4 Å². The highest BCUT2D eigenvalue weighted by atomic mass is 35.5. The van der Waals surface area contributed by atoms with E-state index in [1.165, 1.54) is 4.90 Å². The first-order valence-corrected chi connectivity index (χ1v) is 9.86. The van der Waals surface area contributed by atoms with Gasteiger partial charge >= 0.3 is 0 Å². The van der Waals surface area contributed by atoms with Crippen LogP contribution in [0.5, 0.6) is 0 Å². The molecule has 1 saturated heterocycles. The van der Waals surface area contributed by atoms with Crippen molar-refractivity contribution in [2.45, 2.75) is 13.5 Å². The molecule has 1 fully saturated rings. The standard InChI is InChI=1S/C22H16ClNO3S/c1-14-7-8-16(23)11-18(14)19-10-9-17(27-19)12-20-21(25)24(22(26)28-20)13-15-5-3-2-4-6-15/h2-12H,13H2,1H3/b20-12-. The number of amides is 2. The van der Waals surface area contributed by atoms with Gasteiger partial charge in [-0.1, -0.05) is 48.0 Å². The van der Waals surface area contributed by atoms with Gasteiger partial charge in [-0.25, -0.2) is 0 Å². The Hall–Kier alpha value is -2.76. The number of halogens is 1. The first-order chi connectivity index (χ1) is 13.5. The van der Waals surface area contributed by atoms with E-state index in [9.17, 15) is 9.59 Å². The zero-order valence-corrected chi connectivity index (χ0v) is 16.6. The highest BCUT2D eigenvalue weighted by Crippen LogP contribution is 2.35. The summed E-state index contributed by atoms with van der Waals surface area (Å²) in [6.07, 6.45) is 1.61. The first-order valence-electron chi connectivity index (χ1n) is 8.67. The van der Waals surface area contributed by atoms with E-state index in [1.54, 1.807) is 12.1 Å². The predicted molar refractivity (Wildman–Crippen MR) is 112 cm³/mol. The maximum atomic E-state index is 12.7. The average Bonchev–Trinajstić information content (AvgIpc) is 3.25. The smallest absolute Gasteiger partial charge is 0.293 e. The fourth-order valence-corrected chi connectivity index (χ4v) is 3.96. The maximum absolute atomic E-state index is 12.7. The Bertz CT molecular complexity index is 1090. The van der Waals surface area contributed by atoms with E-state index >= 15 is 0 Å². The third-order valence-electron chi connectivity index (χ3n) is 4.42. The van der Waals surface area contributed by atoms with Crippen molar-refractivity contribution >= 4 is 40.6 Å². The highest BCUT2D eigenvalue weighted by Gasteiger charge is 2.35. The van der Waals surface area contributed by atoms with Gasteiger partial charge in [0.1, 0.15) is 11.5 Å². The van der Waals surface area contributed by atoms with Crippen molar-refractivity contribution in [1.82, 2.24) is 4.90 Å². The number of furan rings is 1. The number of hydrogen-bond acceptors (Lipinski definition) is 4. The molecule has 0 spiro atoms. The van der Waals surface area contributed by atoms with Crippen molar-refractivity contribution in [3.8, 4) is 11.3 Å². The fourth-order valence-electron chi connectivity index (χ4n) is 2.97. The second-order valence-electron chi connectivity index (χ2n) is 6.41. The van der Waals surface area contributed by atoms with Gasteiger partial charge in [-0.3, -0.25) is 14.5 Å². The van der Waals surface area contributed by atoms with Gasteiger partial charge in [0.05, 0.1) is 11.4 Å². The van der Waals surface area contributed by atoms with E-state index < -0.39 is 0 Å². The summed E-state index contributed by atoms with van der Waals surface area (Å²) in [7, 11) is 0. The molecular formula is C22H16ClNO3S. The van der Waals surface area contributed by atoms with Crippen molar-refractivity contribution in [2.24, 2.45) is 0 Å². The Morgan fingerprint density at radius 1 is 1.07 bits per heavy atom. The summed E-state index contributed by atoms with van der Waals surface area (Å²) >= 11 is 7.01. The number of carbonyl (C=O) groups excluding carboxylic acids is 2. The minimum Gasteiger partial charge on any atom is -0.457 e. The summed E-state index contributed by atoms with van der Waals surface area (Å²) in [6, 6.07) is 18.6. The molecule has 0 saturated carbocycles. The zero-order valence-electron chi connectivity index (χ0n) is 15.0. The lowest BCUT2D eigenvalue weighted by atomic mass is 10.1. The Balaban J connectivity index is 1.57. The van der Waals surface area contributed by atoms with Gasteiger partial charge in [-0.05, 0) is 54.1 Å². The van der Waals surface area contributed by atoms with Crippen LogP contribution in [-0.2, 0) is 11.3 Å². The second-order valence-corrected chi connectivity index (χ2v) is 7.84. The molecule has 0 aliphatic carbocycles. The van der Waals surface area contributed by atoms with Gasteiger partial charge in [0.15, 0.2) is 0 Å². The summed E-state index contributed by atoms with van der Waals surface area (Å²) in [5, 5.41) is 0.346. The van der Waals surface area contributed by atoms with E-state index in [4.69, 9.17) is 16.0 Å². The summed E-state index contributed by atoms with van der Waals surface area (Å²) in [4.78, 5) is 26.5. The average molecular weight is 410 g/mol. The summed E-state index contributed by atoms with van der Waals surface area (Å²) in [6.45, 7) is 2.23. The van der Waals surface area contributed by atoms with Crippen LogP contribution in [-0.4, -0.2) is 16.0 Å². The summed E-state index contributed by atoms with van der Waals surface area (Å²) in [5.41, 5.74) is 2.83. The Labute approximate surface area is 171 Å². The van der Waals surface area contributed by atoms with E-state index in [0.29, 0.717) is 21.4 Å². The lowest BCUT2D eigenvalue weighted by molar-refractivity contribution is -0.123. The van der Waals surface area contributed by atoms with Gasteiger partial charge in [-0.2, -0.15) is 0 Å². The van der Waals surface area contributed by atoms with Gasteiger partial charge in [-0.15, -0.1) is 0 Å². The molecular weight excluding hydrogens is 394 g/mol. The number of carbonyl (C=O) groups is 2. The molecule has 2 heterocycles. The predicted octanol–water partition coefficient (Wildman–Crippen LogP) is 6.14. The third-order valence-corrected chi connectivity index (χ3v) is 5.56. The molecule has 0 bridgehead atoms. The minimum absolute atomic E-state index is 0.258. The van der Waals surface area contributed by atoms with Crippen molar-refractivity contribution in [1.29, 1.82) is 0 Å². The Morgan fingerprint density at radius 3 is 2.64 bits per heavy atom. The summed E-state index contributed by atoms with van der Waals surface area (Å²) in [5.74, 6) is 0.866. The number of rotatable bonds is 4. The topological polar surface area (TPSA) is 50.5 Å². The van der Waals surface area contributed by atoms with Gasteiger partial charge in [0, 0.05) is 16.7 Å². The molecule has 6 heteroatoms. The van der Waals surface area contributed by atoms with Gasteiger partial charge in [0.2, 0.25) is 0 Å². The number of benzene rings is 2. The van der Waals surface area contributed by atoms with Crippen LogP contribution in [0.2, 0.25) is 5.02 Å². The van der Waals surface area contributed by atoms with Crippen molar-refractivity contribution in [3.63, 3.8) is 0 Å². The molecule has 2 aromatic carbocycles. The number of aryl methyl sites for hydroxylation is 1. The molecule has 0 atom stereocenters. The molecule has 1 aliphatic rings.